The molecule has 0 atom stereocenters. The summed E-state index contributed by atoms with van der Waals surface area (Å²) in [5.74, 6) is -0.764. The molecular weight excluding hydrogens is 434 g/mol. The van der Waals surface area contributed by atoms with E-state index >= 15 is 0 Å². The highest BCUT2D eigenvalue weighted by Gasteiger charge is 2.21. The third-order valence-electron chi connectivity index (χ3n) is 5.63. The molecule has 3 aromatic rings. The van der Waals surface area contributed by atoms with Gasteiger partial charge in [-0.1, -0.05) is 0 Å². The fraction of sp³-hybridized carbons (Fsp3) is 0.409. The van der Waals surface area contributed by atoms with Crippen LogP contribution < -0.4 is 19.5 Å². The van der Waals surface area contributed by atoms with E-state index in [0.29, 0.717) is 17.8 Å². The second-order valence-corrected chi connectivity index (χ2v) is 7.78. The first kappa shape index (κ1) is 22.7. The van der Waals surface area contributed by atoms with Crippen LogP contribution in [-0.2, 0) is 6.61 Å². The third kappa shape index (κ3) is 5.14. The molecule has 11 heteroatoms. The van der Waals surface area contributed by atoms with Crippen molar-refractivity contribution < 1.29 is 23.0 Å². The van der Waals surface area contributed by atoms with Crippen LogP contribution in [-0.4, -0.2) is 58.8 Å². The lowest BCUT2D eigenvalue weighted by Crippen LogP contribution is -2.31. The number of nitrogens with one attached hydrogen (secondary N) is 1. The zero-order chi connectivity index (χ0) is 23.4. The van der Waals surface area contributed by atoms with Crippen molar-refractivity contribution in [2.24, 2.45) is 0 Å². The van der Waals surface area contributed by atoms with Crippen molar-refractivity contribution in [3.63, 3.8) is 0 Å². The molecule has 1 fully saturated rings. The molecule has 33 heavy (non-hydrogen) atoms. The molecule has 2 aromatic heterocycles. The average Bonchev–Trinajstić information content (AvgIpc) is 3.29. The zero-order valence-electron chi connectivity index (χ0n) is 18.7. The monoisotopic (exact) mass is 460 g/mol. The molecule has 0 bridgehead atoms. The summed E-state index contributed by atoms with van der Waals surface area (Å²) in [5, 5.41) is 3.05. The fourth-order valence-electron chi connectivity index (χ4n) is 3.68. The molecule has 0 saturated carbocycles. The van der Waals surface area contributed by atoms with E-state index in [1.165, 1.54) is 26.6 Å². The second kappa shape index (κ2) is 9.99. The number of benzene rings is 1. The lowest BCUT2D eigenvalue weighted by atomic mass is 10.1. The van der Waals surface area contributed by atoms with Gasteiger partial charge in [0, 0.05) is 18.3 Å². The van der Waals surface area contributed by atoms with Gasteiger partial charge in [-0.2, -0.15) is 0 Å². The van der Waals surface area contributed by atoms with Gasteiger partial charge >= 0.3 is 0 Å². The Labute approximate surface area is 190 Å². The van der Waals surface area contributed by atoms with Crippen LogP contribution >= 0.6 is 0 Å². The first-order valence-electron chi connectivity index (χ1n) is 10.5. The Balaban J connectivity index is 1.38. The Kier molecular flexibility index (Phi) is 6.87. The van der Waals surface area contributed by atoms with Gasteiger partial charge in [0.25, 0.3) is 0 Å². The second-order valence-electron chi connectivity index (χ2n) is 7.78. The number of ether oxygens (including phenoxy) is 3. The van der Waals surface area contributed by atoms with Crippen LogP contribution in [0.5, 0.6) is 17.2 Å². The van der Waals surface area contributed by atoms with Crippen molar-refractivity contribution in [1.29, 1.82) is 0 Å². The molecule has 1 aliphatic heterocycles. The Morgan fingerprint density at radius 2 is 1.67 bits per heavy atom. The van der Waals surface area contributed by atoms with E-state index < -0.39 is 11.6 Å². The van der Waals surface area contributed by atoms with E-state index in [9.17, 15) is 8.78 Å². The highest BCUT2D eigenvalue weighted by atomic mass is 19.1. The quantitative estimate of drug-likeness (QED) is 0.546. The standard InChI is InChI=1S/C22H26F2N6O3/c1-29-6-4-14(5-7-29)30-11-19(27-13-30)28-22-25-9-15(10-26-22)33-12-16-20(23)17(31-2)8-18(32-3)21(16)24/h8-11,13-14H,4-7,12H2,1-3H3,(H,25,26,28). The molecule has 0 unspecified atom stereocenters. The van der Waals surface area contributed by atoms with Crippen molar-refractivity contribution in [2.45, 2.75) is 25.5 Å². The molecule has 0 spiro atoms. The Hall–Kier alpha value is -3.47. The molecule has 9 nitrogen and oxygen atoms in total. The number of piperidine rings is 1. The minimum atomic E-state index is -0.852. The summed E-state index contributed by atoms with van der Waals surface area (Å²) in [6.45, 7) is 1.74. The maximum Gasteiger partial charge on any atom is 0.228 e. The number of halogens is 2. The largest absolute Gasteiger partial charge is 0.494 e. The van der Waals surface area contributed by atoms with Crippen molar-refractivity contribution >= 4 is 11.8 Å². The fourth-order valence-corrected chi connectivity index (χ4v) is 3.68. The molecule has 1 aromatic carbocycles. The number of rotatable bonds is 8. The summed E-state index contributed by atoms with van der Waals surface area (Å²) in [5.41, 5.74) is -0.312. The van der Waals surface area contributed by atoms with Crippen LogP contribution in [0.4, 0.5) is 20.5 Å². The van der Waals surface area contributed by atoms with Gasteiger partial charge in [0.15, 0.2) is 34.7 Å². The highest BCUT2D eigenvalue weighted by Crippen LogP contribution is 2.32. The molecule has 176 valence electrons. The van der Waals surface area contributed by atoms with E-state index in [1.807, 2.05) is 6.20 Å². The highest BCUT2D eigenvalue weighted by molar-refractivity contribution is 5.46. The number of methoxy groups -OCH3 is 2. The molecule has 4 rings (SSSR count). The van der Waals surface area contributed by atoms with Gasteiger partial charge in [-0.15, -0.1) is 0 Å². The van der Waals surface area contributed by atoms with Crippen LogP contribution in [0, 0.1) is 11.6 Å². The first-order chi connectivity index (χ1) is 16.0. The topological polar surface area (TPSA) is 86.6 Å². The lowest BCUT2D eigenvalue weighted by molar-refractivity contribution is 0.221. The van der Waals surface area contributed by atoms with Gasteiger partial charge in [-0.3, -0.25) is 0 Å². The summed E-state index contributed by atoms with van der Waals surface area (Å²) >= 11 is 0. The van der Waals surface area contributed by atoms with Gasteiger partial charge in [0.1, 0.15) is 6.61 Å². The number of nitrogens with zero attached hydrogens (tertiary/aromatic N) is 5. The molecule has 0 amide bonds. The van der Waals surface area contributed by atoms with Crippen LogP contribution in [0.1, 0.15) is 24.4 Å². The SMILES string of the molecule is COc1cc(OC)c(F)c(COc2cnc(Nc3cn(C4CCN(C)CC4)cn3)nc2)c1F. The van der Waals surface area contributed by atoms with Crippen LogP contribution in [0.15, 0.2) is 31.0 Å². The van der Waals surface area contributed by atoms with Crippen molar-refractivity contribution in [2.75, 3.05) is 39.7 Å². The van der Waals surface area contributed by atoms with Crippen molar-refractivity contribution in [1.82, 2.24) is 24.4 Å². The van der Waals surface area contributed by atoms with E-state index in [0.717, 1.165) is 32.0 Å². The Bertz CT molecular complexity index is 1060. The van der Waals surface area contributed by atoms with Gasteiger partial charge in [-0.05, 0) is 33.0 Å². The zero-order valence-corrected chi connectivity index (χ0v) is 18.7. The summed E-state index contributed by atoms with van der Waals surface area (Å²) in [6, 6.07) is 1.57. The van der Waals surface area contributed by atoms with E-state index in [4.69, 9.17) is 14.2 Å². The Morgan fingerprint density at radius 1 is 1.03 bits per heavy atom. The normalized spacial score (nSPS) is 14.8. The molecule has 1 N–H and O–H groups in total. The van der Waals surface area contributed by atoms with Crippen molar-refractivity contribution in [3.8, 4) is 17.2 Å². The van der Waals surface area contributed by atoms with Crippen LogP contribution in [0.2, 0.25) is 0 Å². The number of likely N-dealkylation sites (tertiary alicyclic amines) is 1. The number of hydrogen-bond acceptors (Lipinski definition) is 8. The number of hydrogen-bond donors (Lipinski definition) is 1. The number of imidazole rings is 1. The average molecular weight is 460 g/mol. The lowest BCUT2D eigenvalue weighted by Gasteiger charge is -2.29. The number of anilines is 2. The third-order valence-corrected chi connectivity index (χ3v) is 5.63. The van der Waals surface area contributed by atoms with Gasteiger partial charge < -0.3 is 29.0 Å². The maximum atomic E-state index is 14.5. The summed E-state index contributed by atoms with van der Waals surface area (Å²) < 4.78 is 46.4. The molecule has 1 saturated heterocycles. The Morgan fingerprint density at radius 3 is 2.27 bits per heavy atom. The van der Waals surface area contributed by atoms with Crippen LogP contribution in [0.25, 0.3) is 0 Å². The smallest absolute Gasteiger partial charge is 0.228 e. The minimum Gasteiger partial charge on any atom is -0.494 e. The molecular formula is C22H26F2N6O3. The summed E-state index contributed by atoms with van der Waals surface area (Å²) in [6.07, 6.45) is 8.73. The van der Waals surface area contributed by atoms with Gasteiger partial charge in [0.05, 0.1) is 38.5 Å². The van der Waals surface area contributed by atoms with E-state index in [-0.39, 0.29) is 29.4 Å². The molecule has 1 aliphatic rings. The first-order valence-corrected chi connectivity index (χ1v) is 10.5. The molecule has 0 radical (unpaired) electrons. The predicted molar refractivity (Wildman–Crippen MR) is 117 cm³/mol. The van der Waals surface area contributed by atoms with Gasteiger partial charge in [-0.25, -0.2) is 23.7 Å². The maximum absolute atomic E-state index is 14.5. The molecule has 0 aliphatic carbocycles. The van der Waals surface area contributed by atoms with E-state index in [1.54, 1.807) is 6.33 Å². The number of aromatic nitrogens is 4. The summed E-state index contributed by atoms with van der Waals surface area (Å²) in [4.78, 5) is 15.1. The summed E-state index contributed by atoms with van der Waals surface area (Å²) in [7, 11) is 4.70. The minimum absolute atomic E-state index is 0.137. The molecule has 3 heterocycles. The van der Waals surface area contributed by atoms with Crippen molar-refractivity contribution in [3.05, 3.63) is 48.2 Å². The van der Waals surface area contributed by atoms with E-state index in [2.05, 4.69) is 36.8 Å². The van der Waals surface area contributed by atoms with Gasteiger partial charge in [0.2, 0.25) is 5.95 Å². The predicted octanol–water partition coefficient (Wildman–Crippen LogP) is 3.56. The van der Waals surface area contributed by atoms with Crippen LogP contribution in [0.3, 0.4) is 0 Å².